The Hall–Kier alpha value is 0.766. The van der Waals surface area contributed by atoms with Gasteiger partial charge in [-0.25, -0.2) is 0 Å². The Balaban J connectivity index is 0.00000784. The standard InChI is InChI=1S/C24H42O3S.K/c1-2-3-4-5-6-7-8-9-10-11-12-13-14-15-16-17-20-23-21-18-19-22-24(23)28(25,26)27;/h18-19,21-22H,2-17,20H2,1H3,(H,25,26,27);. The number of benzene rings is 1. The fourth-order valence-electron chi connectivity index (χ4n) is 3.83. The van der Waals surface area contributed by atoms with Crippen molar-refractivity contribution in [3.05, 3.63) is 29.8 Å². The molecule has 0 spiro atoms. The summed E-state index contributed by atoms with van der Waals surface area (Å²) in [4.78, 5) is 0.0657. The third kappa shape index (κ3) is 16.1. The number of aryl methyl sites for hydroxylation is 1. The van der Waals surface area contributed by atoms with E-state index < -0.39 is 10.1 Å². The topological polar surface area (TPSA) is 54.4 Å². The maximum atomic E-state index is 11.4. The van der Waals surface area contributed by atoms with Crippen LogP contribution in [0.15, 0.2) is 29.2 Å². The number of rotatable bonds is 18. The molecule has 163 valence electrons. The second kappa shape index (κ2) is 19.5. The molecular weight excluding hydrogens is 407 g/mol. The van der Waals surface area contributed by atoms with E-state index in [0.717, 1.165) is 18.4 Å². The molecule has 1 aromatic carbocycles. The molecule has 5 heteroatoms. The van der Waals surface area contributed by atoms with E-state index >= 15 is 0 Å². The van der Waals surface area contributed by atoms with Gasteiger partial charge in [-0.3, -0.25) is 4.55 Å². The van der Waals surface area contributed by atoms with Crippen LogP contribution in [0.25, 0.3) is 0 Å². The molecule has 0 saturated heterocycles. The van der Waals surface area contributed by atoms with Crippen molar-refractivity contribution < 1.29 is 13.0 Å². The van der Waals surface area contributed by atoms with Gasteiger partial charge < -0.3 is 0 Å². The van der Waals surface area contributed by atoms with E-state index in [1.807, 2.05) is 6.07 Å². The van der Waals surface area contributed by atoms with Crippen molar-refractivity contribution in [2.45, 2.75) is 121 Å². The van der Waals surface area contributed by atoms with Crippen LogP contribution in [0.1, 0.15) is 115 Å². The van der Waals surface area contributed by atoms with Gasteiger partial charge in [0.15, 0.2) is 0 Å². The van der Waals surface area contributed by atoms with Crippen molar-refractivity contribution in [1.29, 1.82) is 0 Å². The van der Waals surface area contributed by atoms with Gasteiger partial charge in [0.1, 0.15) is 0 Å². The van der Waals surface area contributed by atoms with E-state index in [9.17, 15) is 13.0 Å². The van der Waals surface area contributed by atoms with Crippen molar-refractivity contribution in [2.75, 3.05) is 0 Å². The first-order chi connectivity index (χ1) is 13.6. The molecule has 0 bridgehead atoms. The Bertz CT molecular complexity index is 602. The van der Waals surface area contributed by atoms with Crippen LogP contribution in [0.3, 0.4) is 0 Å². The molecule has 0 amide bonds. The van der Waals surface area contributed by atoms with Gasteiger partial charge in [-0.1, -0.05) is 121 Å². The summed E-state index contributed by atoms with van der Waals surface area (Å²) in [5, 5.41) is 0. The number of hydrogen-bond donors (Lipinski definition) is 1. The molecule has 0 atom stereocenters. The summed E-state index contributed by atoms with van der Waals surface area (Å²) in [5.41, 5.74) is 0.732. The first-order valence-electron chi connectivity index (χ1n) is 11.6. The fraction of sp³-hybridized carbons (Fsp3) is 0.750. The van der Waals surface area contributed by atoms with E-state index in [1.165, 1.54) is 96.0 Å². The second-order valence-electron chi connectivity index (χ2n) is 8.14. The normalized spacial score (nSPS) is 11.4. The van der Waals surface area contributed by atoms with E-state index in [4.69, 9.17) is 0 Å². The van der Waals surface area contributed by atoms with E-state index in [-0.39, 0.29) is 56.3 Å². The third-order valence-electron chi connectivity index (χ3n) is 5.55. The fourth-order valence-corrected chi connectivity index (χ4v) is 4.58. The molecule has 0 fully saturated rings. The Morgan fingerprint density at radius 3 is 1.45 bits per heavy atom. The first kappa shape index (κ1) is 29.8. The van der Waals surface area contributed by atoms with Crippen LogP contribution in [0.4, 0.5) is 0 Å². The van der Waals surface area contributed by atoms with E-state index in [2.05, 4.69) is 6.92 Å². The maximum absolute atomic E-state index is 11.4. The smallest absolute Gasteiger partial charge is 0.282 e. The first-order valence-corrected chi connectivity index (χ1v) is 13.0. The molecule has 0 aliphatic rings. The molecule has 0 unspecified atom stereocenters. The van der Waals surface area contributed by atoms with Crippen LogP contribution in [0, 0.1) is 0 Å². The molecule has 0 aliphatic heterocycles. The molecular formula is C24H42KO3S. The maximum Gasteiger partial charge on any atom is 0.294 e. The zero-order valence-corrected chi connectivity index (χ0v) is 22.9. The average molecular weight is 450 g/mol. The molecule has 1 rings (SSSR count). The molecule has 1 radical (unpaired) electrons. The Morgan fingerprint density at radius 2 is 1.03 bits per heavy atom. The van der Waals surface area contributed by atoms with Crippen LogP contribution in [0.5, 0.6) is 0 Å². The van der Waals surface area contributed by atoms with Gasteiger partial charge in [0.2, 0.25) is 0 Å². The minimum Gasteiger partial charge on any atom is -0.282 e. The van der Waals surface area contributed by atoms with Gasteiger partial charge >= 0.3 is 0 Å². The third-order valence-corrected chi connectivity index (χ3v) is 6.50. The van der Waals surface area contributed by atoms with Gasteiger partial charge in [0, 0.05) is 51.4 Å². The van der Waals surface area contributed by atoms with Crippen molar-refractivity contribution in [1.82, 2.24) is 0 Å². The van der Waals surface area contributed by atoms with E-state index in [0.29, 0.717) is 6.42 Å². The molecule has 29 heavy (non-hydrogen) atoms. The molecule has 3 nitrogen and oxygen atoms in total. The number of hydrogen-bond acceptors (Lipinski definition) is 2. The molecule has 0 saturated carbocycles. The zero-order chi connectivity index (χ0) is 20.5. The number of unbranched alkanes of at least 4 members (excludes halogenated alkanes) is 15. The molecule has 1 N–H and O–H groups in total. The minimum atomic E-state index is -4.11. The van der Waals surface area contributed by atoms with Crippen LogP contribution >= 0.6 is 0 Å². The van der Waals surface area contributed by atoms with Gasteiger partial charge in [0.25, 0.3) is 10.1 Å². The minimum absolute atomic E-state index is 0. The van der Waals surface area contributed by atoms with Crippen molar-refractivity contribution in [3.8, 4) is 0 Å². The molecule has 0 aromatic heterocycles. The summed E-state index contributed by atoms with van der Waals surface area (Å²) in [7, 11) is -4.11. The predicted molar refractivity (Wildman–Crippen MR) is 125 cm³/mol. The summed E-state index contributed by atoms with van der Waals surface area (Å²) in [5.74, 6) is 0. The summed E-state index contributed by atoms with van der Waals surface area (Å²) >= 11 is 0. The van der Waals surface area contributed by atoms with Crippen LogP contribution in [0.2, 0.25) is 0 Å². The Kier molecular flexibility index (Phi) is 20.0. The largest absolute Gasteiger partial charge is 0.294 e. The van der Waals surface area contributed by atoms with Crippen LogP contribution in [-0.4, -0.2) is 64.4 Å². The SMILES string of the molecule is CCCCCCCCCCCCCCCCCCc1ccccc1S(=O)(=O)O.[K]. The second-order valence-corrected chi connectivity index (χ2v) is 9.53. The summed E-state index contributed by atoms with van der Waals surface area (Å²) in [6.45, 7) is 2.27. The Morgan fingerprint density at radius 1 is 0.655 bits per heavy atom. The van der Waals surface area contributed by atoms with Crippen LogP contribution < -0.4 is 0 Å². The molecule has 0 heterocycles. The quantitative estimate of drug-likeness (QED) is 0.145. The van der Waals surface area contributed by atoms with Gasteiger partial charge in [-0.05, 0) is 24.5 Å². The Labute approximate surface area is 223 Å². The zero-order valence-electron chi connectivity index (χ0n) is 19.0. The van der Waals surface area contributed by atoms with Crippen molar-refractivity contribution >= 4 is 61.5 Å². The summed E-state index contributed by atoms with van der Waals surface area (Å²) in [6, 6.07) is 6.77. The van der Waals surface area contributed by atoms with E-state index in [1.54, 1.807) is 12.1 Å². The summed E-state index contributed by atoms with van der Waals surface area (Å²) in [6.07, 6.45) is 22.0. The predicted octanol–water partition coefficient (Wildman–Crippen LogP) is 7.36. The van der Waals surface area contributed by atoms with Crippen molar-refractivity contribution in [3.63, 3.8) is 0 Å². The molecule has 1 aromatic rings. The van der Waals surface area contributed by atoms with Gasteiger partial charge in [-0.2, -0.15) is 8.42 Å². The average Bonchev–Trinajstić information content (AvgIpc) is 2.67. The molecule has 0 aliphatic carbocycles. The summed E-state index contributed by atoms with van der Waals surface area (Å²) < 4.78 is 32.0. The van der Waals surface area contributed by atoms with Gasteiger partial charge in [-0.15, -0.1) is 0 Å². The van der Waals surface area contributed by atoms with Crippen LogP contribution in [-0.2, 0) is 16.5 Å². The van der Waals surface area contributed by atoms with Crippen molar-refractivity contribution in [2.24, 2.45) is 0 Å². The monoisotopic (exact) mass is 449 g/mol. The van der Waals surface area contributed by atoms with Gasteiger partial charge in [0.05, 0.1) is 4.90 Å².